The first-order chi connectivity index (χ1) is 9.41. The van der Waals surface area contributed by atoms with Gasteiger partial charge in [-0.25, -0.2) is 17.2 Å². The summed E-state index contributed by atoms with van der Waals surface area (Å²) in [6.45, 7) is -0.0909. The van der Waals surface area contributed by atoms with Crippen LogP contribution in [0.15, 0.2) is 53.4 Å². The van der Waals surface area contributed by atoms with Crippen LogP contribution in [0.1, 0.15) is 5.56 Å². The van der Waals surface area contributed by atoms with Crippen molar-refractivity contribution in [3.8, 4) is 0 Å². The largest absolute Gasteiger partial charge is 0.243 e. The Morgan fingerprint density at radius 3 is 2.20 bits per heavy atom. The van der Waals surface area contributed by atoms with Gasteiger partial charge < -0.3 is 0 Å². The topological polar surface area (TPSA) is 37.4 Å². The Morgan fingerprint density at radius 1 is 1.00 bits per heavy atom. The molecule has 2 aromatic carbocycles. The second kappa shape index (κ2) is 5.68. The molecule has 6 heteroatoms. The van der Waals surface area contributed by atoms with Crippen molar-refractivity contribution in [1.82, 2.24) is 4.31 Å². The van der Waals surface area contributed by atoms with E-state index in [4.69, 9.17) is 0 Å². The highest BCUT2D eigenvalue weighted by Gasteiger charge is 2.21. The minimum absolute atomic E-state index is 0.0299. The number of hydrogen-bond donors (Lipinski definition) is 0. The lowest BCUT2D eigenvalue weighted by Crippen LogP contribution is -2.26. The molecule has 0 aliphatic rings. The summed E-state index contributed by atoms with van der Waals surface area (Å²) < 4.78 is 51.8. The third-order valence-electron chi connectivity index (χ3n) is 2.87. The van der Waals surface area contributed by atoms with Gasteiger partial charge in [0, 0.05) is 19.2 Å². The number of hydrogen-bond acceptors (Lipinski definition) is 2. The molecular weight excluding hydrogens is 284 g/mol. The summed E-state index contributed by atoms with van der Waals surface area (Å²) in [5, 5.41) is 0. The summed E-state index contributed by atoms with van der Waals surface area (Å²) in [4.78, 5) is -0.0299. The maximum Gasteiger partial charge on any atom is 0.243 e. The lowest BCUT2D eigenvalue weighted by atomic mass is 10.2. The summed E-state index contributed by atoms with van der Waals surface area (Å²) in [6, 6.07) is 10.5. The molecule has 2 rings (SSSR count). The fraction of sp³-hybridized carbons (Fsp3) is 0.143. The summed E-state index contributed by atoms with van der Waals surface area (Å²) in [5.41, 5.74) is 0.278. The number of halogens is 2. The van der Waals surface area contributed by atoms with Crippen molar-refractivity contribution in [3.05, 3.63) is 65.7 Å². The van der Waals surface area contributed by atoms with Crippen molar-refractivity contribution >= 4 is 10.0 Å². The van der Waals surface area contributed by atoms with E-state index in [1.807, 2.05) is 0 Å². The van der Waals surface area contributed by atoms with Crippen LogP contribution in [0.25, 0.3) is 0 Å². The van der Waals surface area contributed by atoms with Gasteiger partial charge in [-0.2, -0.15) is 4.31 Å². The average molecular weight is 297 g/mol. The van der Waals surface area contributed by atoms with Gasteiger partial charge >= 0.3 is 0 Å². The Morgan fingerprint density at radius 2 is 1.60 bits per heavy atom. The maximum absolute atomic E-state index is 13.5. The quantitative estimate of drug-likeness (QED) is 0.870. The zero-order chi connectivity index (χ0) is 14.8. The second-order valence-electron chi connectivity index (χ2n) is 4.31. The van der Waals surface area contributed by atoms with Crippen LogP contribution in [0.4, 0.5) is 8.78 Å². The van der Waals surface area contributed by atoms with Crippen molar-refractivity contribution in [2.75, 3.05) is 7.05 Å². The summed E-state index contributed by atoms with van der Waals surface area (Å²) in [5.74, 6) is -0.977. The van der Waals surface area contributed by atoms with Crippen molar-refractivity contribution in [2.24, 2.45) is 0 Å². The molecule has 0 unspecified atom stereocenters. The normalized spacial score (nSPS) is 11.8. The third-order valence-corrected chi connectivity index (χ3v) is 4.69. The lowest BCUT2D eigenvalue weighted by Gasteiger charge is -2.17. The van der Waals surface area contributed by atoms with Crippen LogP contribution in [-0.4, -0.2) is 19.8 Å². The van der Waals surface area contributed by atoms with Crippen molar-refractivity contribution in [1.29, 1.82) is 0 Å². The zero-order valence-electron chi connectivity index (χ0n) is 10.8. The van der Waals surface area contributed by atoms with Gasteiger partial charge in [0.2, 0.25) is 10.0 Å². The van der Waals surface area contributed by atoms with Gasteiger partial charge in [0.25, 0.3) is 0 Å². The molecule has 0 fully saturated rings. The monoisotopic (exact) mass is 297 g/mol. The van der Waals surface area contributed by atoms with E-state index in [0.29, 0.717) is 0 Å². The van der Waals surface area contributed by atoms with E-state index in [-0.39, 0.29) is 17.0 Å². The van der Waals surface area contributed by atoms with Crippen LogP contribution in [0.3, 0.4) is 0 Å². The molecule has 0 bridgehead atoms. The molecule has 0 aliphatic carbocycles. The van der Waals surface area contributed by atoms with Crippen LogP contribution in [0.5, 0.6) is 0 Å². The lowest BCUT2D eigenvalue weighted by molar-refractivity contribution is 0.456. The predicted octanol–water partition coefficient (Wildman–Crippen LogP) is 2.79. The first-order valence-corrected chi connectivity index (χ1v) is 7.30. The van der Waals surface area contributed by atoms with Crippen LogP contribution in [0, 0.1) is 11.6 Å². The number of sulfonamides is 1. The predicted molar refractivity (Wildman–Crippen MR) is 71.5 cm³/mol. The van der Waals surface area contributed by atoms with Crippen LogP contribution in [-0.2, 0) is 16.6 Å². The van der Waals surface area contributed by atoms with Crippen molar-refractivity contribution in [3.63, 3.8) is 0 Å². The molecule has 2 aromatic rings. The number of rotatable bonds is 4. The van der Waals surface area contributed by atoms with E-state index >= 15 is 0 Å². The molecule has 0 amide bonds. The minimum atomic E-state index is -3.77. The SMILES string of the molecule is CN(Cc1ccccc1F)S(=O)(=O)c1ccc(F)cc1. The molecule has 0 heterocycles. The van der Waals surface area contributed by atoms with E-state index < -0.39 is 21.7 Å². The Bertz CT molecular complexity index is 699. The number of nitrogens with zero attached hydrogens (tertiary/aromatic N) is 1. The molecule has 0 saturated heterocycles. The van der Waals surface area contributed by atoms with Gasteiger partial charge in [0.1, 0.15) is 11.6 Å². The standard InChI is InChI=1S/C14H13F2NO2S/c1-17(10-11-4-2-3-5-14(11)16)20(18,19)13-8-6-12(15)7-9-13/h2-9H,10H2,1H3. The molecule has 0 aliphatic heterocycles. The Labute approximate surface area is 116 Å². The average Bonchev–Trinajstić information content (AvgIpc) is 2.41. The van der Waals surface area contributed by atoms with E-state index in [1.54, 1.807) is 6.07 Å². The van der Waals surface area contributed by atoms with Crippen LogP contribution < -0.4 is 0 Å². The molecule has 0 radical (unpaired) electrons. The van der Waals surface area contributed by atoms with Crippen molar-refractivity contribution in [2.45, 2.75) is 11.4 Å². The Balaban J connectivity index is 2.26. The molecule has 3 nitrogen and oxygen atoms in total. The molecule has 106 valence electrons. The first kappa shape index (κ1) is 14.6. The summed E-state index contributed by atoms with van der Waals surface area (Å²) >= 11 is 0. The molecule has 0 atom stereocenters. The minimum Gasteiger partial charge on any atom is -0.207 e. The van der Waals surface area contributed by atoms with Gasteiger partial charge in [0.05, 0.1) is 4.90 Å². The van der Waals surface area contributed by atoms with Gasteiger partial charge in [-0.1, -0.05) is 18.2 Å². The molecule has 0 aromatic heterocycles. The van der Waals surface area contributed by atoms with E-state index in [1.165, 1.54) is 37.4 Å². The highest BCUT2D eigenvalue weighted by Crippen LogP contribution is 2.18. The Kier molecular flexibility index (Phi) is 4.15. The molecule has 0 spiro atoms. The highest BCUT2D eigenvalue weighted by molar-refractivity contribution is 7.89. The van der Waals surface area contributed by atoms with Crippen molar-refractivity contribution < 1.29 is 17.2 Å². The molecule has 0 saturated carbocycles. The van der Waals surface area contributed by atoms with Gasteiger partial charge in [-0.3, -0.25) is 0 Å². The van der Waals surface area contributed by atoms with E-state index in [0.717, 1.165) is 16.4 Å². The van der Waals surface area contributed by atoms with E-state index in [2.05, 4.69) is 0 Å². The molecule has 20 heavy (non-hydrogen) atoms. The molecular formula is C14H13F2NO2S. The maximum atomic E-state index is 13.5. The van der Waals surface area contributed by atoms with Gasteiger partial charge in [-0.15, -0.1) is 0 Å². The Hall–Kier alpha value is -1.79. The summed E-state index contributed by atoms with van der Waals surface area (Å²) in [6.07, 6.45) is 0. The van der Waals surface area contributed by atoms with Crippen LogP contribution in [0.2, 0.25) is 0 Å². The van der Waals surface area contributed by atoms with Gasteiger partial charge in [-0.05, 0) is 30.3 Å². The highest BCUT2D eigenvalue weighted by atomic mass is 32.2. The number of benzene rings is 2. The fourth-order valence-corrected chi connectivity index (χ4v) is 2.89. The molecule has 0 N–H and O–H groups in total. The zero-order valence-corrected chi connectivity index (χ0v) is 11.6. The fourth-order valence-electron chi connectivity index (χ4n) is 1.74. The smallest absolute Gasteiger partial charge is 0.207 e. The summed E-state index contributed by atoms with van der Waals surface area (Å²) in [7, 11) is -2.42. The third kappa shape index (κ3) is 3.02. The second-order valence-corrected chi connectivity index (χ2v) is 6.35. The van der Waals surface area contributed by atoms with Crippen LogP contribution >= 0.6 is 0 Å². The van der Waals surface area contributed by atoms with E-state index in [9.17, 15) is 17.2 Å². The first-order valence-electron chi connectivity index (χ1n) is 5.86. The van der Waals surface area contributed by atoms with Gasteiger partial charge in [0.15, 0.2) is 0 Å².